The Bertz CT molecular complexity index is 993. The van der Waals surface area contributed by atoms with Gasteiger partial charge in [-0.15, -0.1) is 11.3 Å². The number of nitrogens with one attached hydrogen (secondary N) is 1. The highest BCUT2D eigenvalue weighted by Crippen LogP contribution is 2.39. The third kappa shape index (κ3) is 4.27. The number of carbonyl (C=O) groups excluding carboxylic acids is 2. The first-order valence-corrected chi connectivity index (χ1v) is 10.9. The van der Waals surface area contributed by atoms with Gasteiger partial charge in [-0.25, -0.2) is 9.59 Å². The number of hydrogen-bond donors (Lipinski definition) is 1. The molecule has 0 radical (unpaired) electrons. The zero-order valence-corrected chi connectivity index (χ0v) is 18.1. The average Bonchev–Trinajstić information content (AvgIpc) is 3.02. The van der Waals surface area contributed by atoms with Gasteiger partial charge in [0.05, 0.1) is 12.2 Å². The maximum absolute atomic E-state index is 13.1. The molecule has 3 rings (SSSR count). The van der Waals surface area contributed by atoms with Crippen molar-refractivity contribution in [1.29, 1.82) is 0 Å². The first kappa shape index (κ1) is 21.2. The molecule has 7 nitrogen and oxygen atoms in total. The van der Waals surface area contributed by atoms with E-state index in [1.165, 1.54) is 15.9 Å². The minimum Gasteiger partial charge on any atom is -0.462 e. The summed E-state index contributed by atoms with van der Waals surface area (Å²) in [6.45, 7) is 7.43. The van der Waals surface area contributed by atoms with Gasteiger partial charge >= 0.3 is 11.7 Å². The Morgan fingerprint density at radius 3 is 2.66 bits per heavy atom. The van der Waals surface area contributed by atoms with Crippen LogP contribution in [0.25, 0.3) is 0 Å². The lowest BCUT2D eigenvalue weighted by Crippen LogP contribution is -2.36. The molecule has 0 saturated heterocycles. The molecule has 0 bridgehead atoms. The summed E-state index contributed by atoms with van der Waals surface area (Å²) in [6.07, 6.45) is 4.24. The molecule has 0 aliphatic heterocycles. The monoisotopic (exact) mass is 417 g/mol. The van der Waals surface area contributed by atoms with Gasteiger partial charge in [0.2, 0.25) is 5.91 Å². The smallest absolute Gasteiger partial charge is 0.348 e. The van der Waals surface area contributed by atoms with E-state index in [1.807, 2.05) is 6.92 Å². The molecule has 1 N–H and O–H groups in total. The van der Waals surface area contributed by atoms with Crippen LogP contribution >= 0.6 is 11.3 Å². The second-order valence-electron chi connectivity index (χ2n) is 7.24. The van der Waals surface area contributed by atoms with Gasteiger partial charge in [-0.3, -0.25) is 9.36 Å². The molecule has 1 aliphatic carbocycles. The van der Waals surface area contributed by atoms with Crippen molar-refractivity contribution in [3.63, 3.8) is 0 Å². The maximum atomic E-state index is 13.1. The lowest BCUT2D eigenvalue weighted by molar-refractivity contribution is -0.119. The van der Waals surface area contributed by atoms with Gasteiger partial charge in [-0.05, 0) is 64.5 Å². The fourth-order valence-electron chi connectivity index (χ4n) is 3.89. The molecular formula is C21H27N3O4S. The summed E-state index contributed by atoms with van der Waals surface area (Å²) in [4.78, 5) is 43.3. The van der Waals surface area contributed by atoms with E-state index < -0.39 is 17.7 Å². The second-order valence-corrected chi connectivity index (χ2v) is 8.35. The number of anilines is 1. The Labute approximate surface area is 174 Å². The van der Waals surface area contributed by atoms with E-state index >= 15 is 0 Å². The topological polar surface area (TPSA) is 90.3 Å². The number of carbonyl (C=O) groups is 2. The predicted molar refractivity (Wildman–Crippen MR) is 113 cm³/mol. The number of fused-ring (bicyclic) bond motifs is 1. The Balaban J connectivity index is 1.97. The fraction of sp³-hybridized carbons (Fsp3) is 0.524. The molecular weight excluding hydrogens is 390 g/mol. The molecule has 2 aromatic heterocycles. The molecule has 0 spiro atoms. The van der Waals surface area contributed by atoms with Crippen LogP contribution in [0.15, 0.2) is 10.9 Å². The summed E-state index contributed by atoms with van der Waals surface area (Å²) >= 11 is 1.44. The number of ether oxygens (including phenoxy) is 1. The lowest BCUT2D eigenvalue weighted by atomic mass is 9.95. The van der Waals surface area contributed by atoms with Crippen molar-refractivity contribution in [3.8, 4) is 0 Å². The van der Waals surface area contributed by atoms with Crippen LogP contribution in [-0.4, -0.2) is 28.0 Å². The van der Waals surface area contributed by atoms with Gasteiger partial charge in [0.15, 0.2) is 0 Å². The quantitative estimate of drug-likeness (QED) is 0.726. The van der Waals surface area contributed by atoms with Crippen molar-refractivity contribution in [2.75, 3.05) is 11.9 Å². The SMILES string of the molecule is CCOC(=O)c1c(NC(=O)C(CC)n2c(C)cc(C)nc2=O)sc2c1CCCC2. The average molecular weight is 418 g/mol. The minimum absolute atomic E-state index is 0.276. The third-order valence-electron chi connectivity index (χ3n) is 5.16. The minimum atomic E-state index is -0.704. The maximum Gasteiger partial charge on any atom is 0.348 e. The molecule has 2 aromatic rings. The van der Waals surface area contributed by atoms with Crippen LogP contribution in [0.3, 0.4) is 0 Å². The van der Waals surface area contributed by atoms with E-state index in [-0.39, 0.29) is 12.5 Å². The number of aromatic nitrogens is 2. The van der Waals surface area contributed by atoms with Gasteiger partial charge in [0.1, 0.15) is 11.0 Å². The standard InChI is InChI=1S/C21H27N3O4S/c1-5-15(24-13(4)11-12(3)22-21(24)27)18(25)23-19-17(20(26)28-6-2)14-9-7-8-10-16(14)29-19/h11,15H,5-10H2,1-4H3,(H,23,25). The van der Waals surface area contributed by atoms with Crippen molar-refractivity contribution in [3.05, 3.63) is 43.9 Å². The molecule has 1 atom stereocenters. The van der Waals surface area contributed by atoms with Crippen LogP contribution in [0.4, 0.5) is 5.00 Å². The Morgan fingerprint density at radius 2 is 2.00 bits per heavy atom. The van der Waals surface area contributed by atoms with Crippen LogP contribution in [0.2, 0.25) is 0 Å². The third-order valence-corrected chi connectivity index (χ3v) is 6.37. The summed E-state index contributed by atoms with van der Waals surface area (Å²) in [5.74, 6) is -0.729. The van der Waals surface area contributed by atoms with Gasteiger partial charge in [0.25, 0.3) is 0 Å². The molecule has 2 heterocycles. The highest BCUT2D eigenvalue weighted by Gasteiger charge is 2.29. The van der Waals surface area contributed by atoms with Crippen molar-refractivity contribution in [2.45, 2.75) is 65.8 Å². The highest BCUT2D eigenvalue weighted by atomic mass is 32.1. The summed E-state index contributed by atoms with van der Waals surface area (Å²) in [6, 6.07) is 1.08. The molecule has 156 valence electrons. The molecule has 29 heavy (non-hydrogen) atoms. The Kier molecular flexibility index (Phi) is 6.52. The molecule has 1 unspecified atom stereocenters. The number of aryl methyl sites for hydroxylation is 3. The Hall–Kier alpha value is -2.48. The number of esters is 1. The van der Waals surface area contributed by atoms with Crippen molar-refractivity contribution in [1.82, 2.24) is 9.55 Å². The molecule has 1 amide bonds. The largest absolute Gasteiger partial charge is 0.462 e. The highest BCUT2D eigenvalue weighted by molar-refractivity contribution is 7.17. The number of nitrogens with zero attached hydrogens (tertiary/aromatic N) is 2. The number of rotatable bonds is 6. The second kappa shape index (κ2) is 8.90. The van der Waals surface area contributed by atoms with Gasteiger partial charge in [0, 0.05) is 16.3 Å². The molecule has 1 aliphatic rings. The first-order valence-electron chi connectivity index (χ1n) is 10.1. The van der Waals surface area contributed by atoms with Crippen LogP contribution in [-0.2, 0) is 22.4 Å². The van der Waals surface area contributed by atoms with Crippen molar-refractivity contribution >= 4 is 28.2 Å². The van der Waals surface area contributed by atoms with Crippen LogP contribution < -0.4 is 11.0 Å². The van der Waals surface area contributed by atoms with E-state index in [9.17, 15) is 14.4 Å². The van der Waals surface area contributed by atoms with E-state index in [2.05, 4.69) is 10.3 Å². The molecule has 0 aromatic carbocycles. The number of hydrogen-bond acceptors (Lipinski definition) is 6. The zero-order chi connectivity index (χ0) is 21.1. The lowest BCUT2D eigenvalue weighted by Gasteiger charge is -2.20. The van der Waals surface area contributed by atoms with Crippen molar-refractivity contribution in [2.24, 2.45) is 0 Å². The molecule has 0 saturated carbocycles. The van der Waals surface area contributed by atoms with E-state index in [0.717, 1.165) is 36.1 Å². The van der Waals surface area contributed by atoms with E-state index in [0.29, 0.717) is 28.4 Å². The van der Waals surface area contributed by atoms with E-state index in [1.54, 1.807) is 26.8 Å². The molecule has 0 fully saturated rings. The first-order chi connectivity index (χ1) is 13.9. The summed E-state index contributed by atoms with van der Waals surface area (Å²) < 4.78 is 6.67. The summed E-state index contributed by atoms with van der Waals surface area (Å²) in [5, 5.41) is 3.43. The van der Waals surface area contributed by atoms with Gasteiger partial charge in [-0.1, -0.05) is 6.92 Å². The van der Waals surface area contributed by atoms with Crippen molar-refractivity contribution < 1.29 is 14.3 Å². The zero-order valence-electron chi connectivity index (χ0n) is 17.3. The summed E-state index contributed by atoms with van der Waals surface area (Å²) in [5.41, 5.74) is 2.32. The van der Waals surface area contributed by atoms with Crippen LogP contribution in [0.1, 0.15) is 71.3 Å². The fourth-order valence-corrected chi connectivity index (χ4v) is 5.17. The van der Waals surface area contributed by atoms with Gasteiger partial charge in [-0.2, -0.15) is 4.98 Å². The Morgan fingerprint density at radius 1 is 1.28 bits per heavy atom. The van der Waals surface area contributed by atoms with Gasteiger partial charge < -0.3 is 10.1 Å². The normalized spacial score (nSPS) is 14.2. The predicted octanol–water partition coefficient (Wildman–Crippen LogP) is 3.57. The number of thiophene rings is 1. The van der Waals surface area contributed by atoms with Crippen LogP contribution in [0, 0.1) is 13.8 Å². The number of amides is 1. The van der Waals surface area contributed by atoms with Crippen LogP contribution in [0.5, 0.6) is 0 Å². The van der Waals surface area contributed by atoms with E-state index in [4.69, 9.17) is 4.74 Å². The molecule has 8 heteroatoms. The summed E-state index contributed by atoms with van der Waals surface area (Å²) in [7, 11) is 0.